The average Bonchev–Trinajstić information content (AvgIpc) is 2.34. The third kappa shape index (κ3) is 2.79. The summed E-state index contributed by atoms with van der Waals surface area (Å²) in [6, 6.07) is 7.96. The van der Waals surface area contributed by atoms with Crippen molar-refractivity contribution in [1.82, 2.24) is 5.32 Å². The van der Waals surface area contributed by atoms with Crippen LogP contribution in [0.1, 0.15) is 18.9 Å². The zero-order chi connectivity index (χ0) is 12.3. The number of aliphatic hydroxyl groups is 1. The number of hydrogen-bond acceptors (Lipinski definition) is 3. The normalized spacial score (nSPS) is 29.0. The fraction of sp³-hybridized carbons (Fsp3) is 0.571. The van der Waals surface area contributed by atoms with Crippen molar-refractivity contribution in [3.05, 3.63) is 29.8 Å². The van der Waals surface area contributed by atoms with Gasteiger partial charge in [0.2, 0.25) is 0 Å². The highest BCUT2D eigenvalue weighted by Gasteiger charge is 2.35. The molecule has 1 saturated heterocycles. The molecule has 0 aromatic heterocycles. The van der Waals surface area contributed by atoms with E-state index in [1.54, 1.807) is 7.11 Å². The van der Waals surface area contributed by atoms with E-state index in [9.17, 15) is 5.11 Å². The Kier molecular flexibility index (Phi) is 3.69. The van der Waals surface area contributed by atoms with Crippen LogP contribution in [0.2, 0.25) is 0 Å². The first-order valence-electron chi connectivity index (χ1n) is 6.20. The minimum Gasteiger partial charge on any atom is -0.497 e. The van der Waals surface area contributed by atoms with Crippen molar-refractivity contribution < 1.29 is 9.84 Å². The molecule has 2 atom stereocenters. The van der Waals surface area contributed by atoms with Crippen molar-refractivity contribution in [2.45, 2.75) is 25.4 Å². The van der Waals surface area contributed by atoms with Crippen LogP contribution in [0.3, 0.4) is 0 Å². The summed E-state index contributed by atoms with van der Waals surface area (Å²) >= 11 is 0. The lowest BCUT2D eigenvalue weighted by Gasteiger charge is -2.38. The lowest BCUT2D eigenvalue weighted by molar-refractivity contribution is -0.0329. The minimum absolute atomic E-state index is 0.290. The lowest BCUT2D eigenvalue weighted by Crippen LogP contribution is -2.50. The number of methoxy groups -OCH3 is 1. The van der Waals surface area contributed by atoms with Crippen LogP contribution in [0.25, 0.3) is 0 Å². The molecule has 0 aliphatic carbocycles. The Morgan fingerprint density at radius 2 is 2.12 bits per heavy atom. The molecule has 2 unspecified atom stereocenters. The van der Waals surface area contributed by atoms with E-state index < -0.39 is 5.60 Å². The molecular formula is C14H21NO2. The van der Waals surface area contributed by atoms with Crippen LogP contribution >= 0.6 is 0 Å². The number of rotatable bonds is 3. The zero-order valence-electron chi connectivity index (χ0n) is 10.6. The number of benzene rings is 1. The van der Waals surface area contributed by atoms with E-state index in [-0.39, 0.29) is 0 Å². The third-order valence-electron chi connectivity index (χ3n) is 3.77. The summed E-state index contributed by atoms with van der Waals surface area (Å²) in [6.45, 7) is 3.90. The molecule has 1 fully saturated rings. The standard InChI is InChI=1S/C14H21NO2/c1-11-10-15-8-7-14(11,16)9-12-3-5-13(17-2)6-4-12/h3-6,11,15-16H,7-10H2,1-2H3. The molecule has 2 N–H and O–H groups in total. The Labute approximate surface area is 103 Å². The molecule has 0 bridgehead atoms. The van der Waals surface area contributed by atoms with E-state index >= 15 is 0 Å². The molecule has 1 aliphatic rings. The number of ether oxygens (including phenoxy) is 1. The van der Waals surface area contributed by atoms with Gasteiger partial charge in [-0.3, -0.25) is 0 Å². The van der Waals surface area contributed by atoms with Crippen molar-refractivity contribution in [3.8, 4) is 5.75 Å². The van der Waals surface area contributed by atoms with E-state index in [0.717, 1.165) is 31.7 Å². The number of hydrogen-bond donors (Lipinski definition) is 2. The summed E-state index contributed by atoms with van der Waals surface area (Å²) in [5.41, 5.74) is 0.599. The van der Waals surface area contributed by atoms with Gasteiger partial charge in [-0.2, -0.15) is 0 Å². The Balaban J connectivity index is 2.07. The molecule has 1 heterocycles. The molecular weight excluding hydrogens is 214 g/mol. The molecule has 0 spiro atoms. The van der Waals surface area contributed by atoms with Crippen LogP contribution < -0.4 is 10.1 Å². The van der Waals surface area contributed by atoms with Gasteiger partial charge in [0, 0.05) is 13.0 Å². The molecule has 0 saturated carbocycles. The lowest BCUT2D eigenvalue weighted by atomic mass is 9.78. The zero-order valence-corrected chi connectivity index (χ0v) is 10.6. The predicted molar refractivity (Wildman–Crippen MR) is 68.3 cm³/mol. The van der Waals surface area contributed by atoms with Crippen LogP contribution in [-0.4, -0.2) is 30.9 Å². The van der Waals surface area contributed by atoms with Gasteiger partial charge in [-0.25, -0.2) is 0 Å². The van der Waals surface area contributed by atoms with Crippen LogP contribution in [0.5, 0.6) is 5.75 Å². The molecule has 3 nitrogen and oxygen atoms in total. The van der Waals surface area contributed by atoms with Gasteiger partial charge in [0.15, 0.2) is 0 Å². The molecule has 3 heteroatoms. The van der Waals surface area contributed by atoms with Gasteiger partial charge >= 0.3 is 0 Å². The van der Waals surface area contributed by atoms with Crippen LogP contribution in [0.15, 0.2) is 24.3 Å². The monoisotopic (exact) mass is 235 g/mol. The van der Waals surface area contributed by atoms with Crippen LogP contribution in [-0.2, 0) is 6.42 Å². The largest absolute Gasteiger partial charge is 0.497 e. The molecule has 1 aliphatic heterocycles. The second kappa shape index (κ2) is 5.07. The van der Waals surface area contributed by atoms with E-state index in [1.807, 2.05) is 24.3 Å². The highest BCUT2D eigenvalue weighted by atomic mass is 16.5. The maximum atomic E-state index is 10.6. The average molecular weight is 235 g/mol. The van der Waals surface area contributed by atoms with E-state index in [2.05, 4.69) is 12.2 Å². The second-order valence-corrected chi connectivity index (χ2v) is 4.98. The van der Waals surface area contributed by atoms with Crippen LogP contribution in [0.4, 0.5) is 0 Å². The molecule has 1 aromatic rings. The summed E-state index contributed by atoms with van der Waals surface area (Å²) in [7, 11) is 1.66. The number of piperidine rings is 1. The SMILES string of the molecule is COc1ccc(CC2(O)CCNCC2C)cc1. The van der Waals surface area contributed by atoms with Crippen molar-refractivity contribution in [2.24, 2.45) is 5.92 Å². The van der Waals surface area contributed by atoms with Gasteiger partial charge in [0.05, 0.1) is 12.7 Å². The number of nitrogens with one attached hydrogen (secondary N) is 1. The highest BCUT2D eigenvalue weighted by Crippen LogP contribution is 2.28. The molecule has 0 radical (unpaired) electrons. The van der Waals surface area contributed by atoms with Crippen molar-refractivity contribution in [1.29, 1.82) is 0 Å². The molecule has 0 amide bonds. The Morgan fingerprint density at radius 1 is 1.41 bits per heavy atom. The summed E-state index contributed by atoms with van der Waals surface area (Å²) in [6.07, 6.45) is 1.54. The topological polar surface area (TPSA) is 41.5 Å². The first-order valence-corrected chi connectivity index (χ1v) is 6.20. The fourth-order valence-corrected chi connectivity index (χ4v) is 2.42. The first kappa shape index (κ1) is 12.4. The smallest absolute Gasteiger partial charge is 0.118 e. The molecule has 2 rings (SSSR count). The first-order chi connectivity index (χ1) is 8.14. The third-order valence-corrected chi connectivity index (χ3v) is 3.77. The van der Waals surface area contributed by atoms with Crippen molar-refractivity contribution >= 4 is 0 Å². The van der Waals surface area contributed by atoms with Gasteiger partial charge < -0.3 is 15.2 Å². The molecule has 1 aromatic carbocycles. The van der Waals surface area contributed by atoms with Gasteiger partial charge in [-0.1, -0.05) is 19.1 Å². The maximum absolute atomic E-state index is 10.6. The van der Waals surface area contributed by atoms with Gasteiger partial charge in [0.25, 0.3) is 0 Å². The Morgan fingerprint density at radius 3 is 2.71 bits per heavy atom. The van der Waals surface area contributed by atoms with Gasteiger partial charge in [0.1, 0.15) is 5.75 Å². The second-order valence-electron chi connectivity index (χ2n) is 4.98. The van der Waals surface area contributed by atoms with Crippen molar-refractivity contribution in [2.75, 3.05) is 20.2 Å². The maximum Gasteiger partial charge on any atom is 0.118 e. The summed E-state index contributed by atoms with van der Waals surface area (Å²) in [5, 5.41) is 14.0. The van der Waals surface area contributed by atoms with Crippen LogP contribution in [0, 0.1) is 5.92 Å². The summed E-state index contributed by atoms with van der Waals surface area (Å²) in [4.78, 5) is 0. The Bertz CT molecular complexity index is 363. The van der Waals surface area contributed by atoms with Gasteiger partial charge in [-0.05, 0) is 36.6 Å². The minimum atomic E-state index is -0.570. The Hall–Kier alpha value is -1.06. The molecule has 94 valence electrons. The molecule has 17 heavy (non-hydrogen) atoms. The van der Waals surface area contributed by atoms with E-state index in [4.69, 9.17) is 4.74 Å². The quantitative estimate of drug-likeness (QED) is 0.836. The van der Waals surface area contributed by atoms with Gasteiger partial charge in [-0.15, -0.1) is 0 Å². The summed E-state index contributed by atoms with van der Waals surface area (Å²) in [5.74, 6) is 1.15. The highest BCUT2D eigenvalue weighted by molar-refractivity contribution is 5.28. The fourth-order valence-electron chi connectivity index (χ4n) is 2.42. The van der Waals surface area contributed by atoms with Crippen molar-refractivity contribution in [3.63, 3.8) is 0 Å². The van der Waals surface area contributed by atoms with E-state index in [0.29, 0.717) is 5.92 Å². The van der Waals surface area contributed by atoms with E-state index in [1.165, 1.54) is 5.56 Å². The predicted octanol–water partition coefficient (Wildman–Crippen LogP) is 1.60. The summed E-state index contributed by atoms with van der Waals surface area (Å²) < 4.78 is 5.13.